The van der Waals surface area contributed by atoms with Gasteiger partial charge in [0.15, 0.2) is 6.61 Å². The Morgan fingerprint density at radius 3 is 2.59 bits per heavy atom. The van der Waals surface area contributed by atoms with E-state index in [9.17, 15) is 9.90 Å². The Morgan fingerprint density at radius 2 is 1.97 bits per heavy atom. The molecule has 152 valence electrons. The summed E-state index contributed by atoms with van der Waals surface area (Å²) in [6, 6.07) is 13.4. The van der Waals surface area contributed by atoms with Crippen LogP contribution in [0, 0.1) is 12.3 Å². The summed E-state index contributed by atoms with van der Waals surface area (Å²) in [7, 11) is 0. The van der Waals surface area contributed by atoms with Crippen molar-refractivity contribution in [1.29, 1.82) is 0 Å². The second kappa shape index (κ2) is 8.75. The third-order valence-corrected chi connectivity index (χ3v) is 5.88. The molecule has 0 heterocycles. The predicted octanol–water partition coefficient (Wildman–Crippen LogP) is 5.98. The minimum Gasteiger partial charge on any atom is -0.508 e. The second-order valence-corrected chi connectivity index (χ2v) is 7.92. The summed E-state index contributed by atoms with van der Waals surface area (Å²) in [5.74, 6) is -0.272. The summed E-state index contributed by atoms with van der Waals surface area (Å²) in [4.78, 5) is 10.7. The van der Waals surface area contributed by atoms with E-state index in [4.69, 9.17) is 21.4 Å². The Kier molecular flexibility index (Phi) is 6.33. The van der Waals surface area contributed by atoms with Crippen LogP contribution in [0.25, 0.3) is 5.57 Å². The van der Waals surface area contributed by atoms with Crippen LogP contribution in [-0.4, -0.2) is 22.8 Å². The highest BCUT2D eigenvalue weighted by Gasteiger charge is 2.32. The molecular formula is C24H25ClO4. The molecule has 0 bridgehead atoms. The van der Waals surface area contributed by atoms with E-state index in [1.165, 1.54) is 0 Å². The number of aryl methyl sites for hydroxylation is 1. The Balaban J connectivity index is 1.88. The normalized spacial score (nSPS) is 18.7. The predicted molar refractivity (Wildman–Crippen MR) is 115 cm³/mol. The Labute approximate surface area is 176 Å². The fourth-order valence-electron chi connectivity index (χ4n) is 3.78. The summed E-state index contributed by atoms with van der Waals surface area (Å²) >= 11 is 6.56. The molecular weight excluding hydrogens is 388 g/mol. The highest BCUT2D eigenvalue weighted by Crippen LogP contribution is 2.45. The van der Waals surface area contributed by atoms with Crippen molar-refractivity contribution in [2.24, 2.45) is 5.41 Å². The molecule has 2 aromatic rings. The van der Waals surface area contributed by atoms with Crippen LogP contribution < -0.4 is 4.74 Å². The number of aliphatic hydroxyl groups excluding tert-OH is 1. The van der Waals surface area contributed by atoms with Crippen LogP contribution >= 0.6 is 11.6 Å². The highest BCUT2D eigenvalue weighted by atomic mass is 35.5. The van der Waals surface area contributed by atoms with Crippen LogP contribution in [0.4, 0.5) is 0 Å². The van der Waals surface area contributed by atoms with Crippen molar-refractivity contribution in [3.05, 3.63) is 82.1 Å². The van der Waals surface area contributed by atoms with Crippen molar-refractivity contribution < 1.29 is 19.7 Å². The fraction of sp³-hybridized carbons (Fsp3) is 0.292. The van der Waals surface area contributed by atoms with Crippen LogP contribution in [-0.2, 0) is 11.2 Å². The van der Waals surface area contributed by atoms with Crippen LogP contribution in [0.15, 0.2) is 60.4 Å². The van der Waals surface area contributed by atoms with Crippen LogP contribution in [0.5, 0.6) is 5.75 Å². The molecule has 1 aliphatic rings. The quantitative estimate of drug-likeness (QED) is 0.587. The van der Waals surface area contributed by atoms with Gasteiger partial charge < -0.3 is 14.9 Å². The zero-order valence-corrected chi connectivity index (χ0v) is 17.4. The van der Waals surface area contributed by atoms with Gasteiger partial charge in [-0.15, -0.1) is 0 Å². The van der Waals surface area contributed by atoms with Gasteiger partial charge in [0.2, 0.25) is 0 Å². The van der Waals surface area contributed by atoms with Crippen molar-refractivity contribution in [3.63, 3.8) is 0 Å². The Bertz CT molecular complexity index is 939. The van der Waals surface area contributed by atoms with Crippen molar-refractivity contribution in [1.82, 2.24) is 0 Å². The number of ether oxygens (including phenoxy) is 1. The minimum absolute atomic E-state index is 0.171. The van der Waals surface area contributed by atoms with Gasteiger partial charge in [0.25, 0.3) is 0 Å². The van der Waals surface area contributed by atoms with Gasteiger partial charge in [-0.1, -0.05) is 54.9 Å². The molecule has 2 N–H and O–H groups in total. The molecule has 0 aliphatic heterocycles. The molecule has 0 fully saturated rings. The summed E-state index contributed by atoms with van der Waals surface area (Å²) in [6.07, 6.45) is 6.19. The average Bonchev–Trinajstić information content (AvgIpc) is 2.71. The molecule has 1 unspecified atom stereocenters. The number of aliphatic hydroxyl groups is 1. The van der Waals surface area contributed by atoms with E-state index in [1.54, 1.807) is 12.1 Å². The summed E-state index contributed by atoms with van der Waals surface area (Å²) in [6.45, 7) is 3.69. The van der Waals surface area contributed by atoms with Crippen LogP contribution in [0.1, 0.15) is 36.5 Å². The van der Waals surface area contributed by atoms with Gasteiger partial charge in [-0.05, 0) is 66.5 Å². The first kappa shape index (κ1) is 21.0. The molecule has 0 saturated heterocycles. The lowest BCUT2D eigenvalue weighted by molar-refractivity contribution is -0.139. The Hall–Kier alpha value is -2.72. The van der Waals surface area contributed by atoms with E-state index >= 15 is 0 Å². The number of allylic oxidation sites excluding steroid dienone is 3. The third-order valence-electron chi connectivity index (χ3n) is 5.54. The number of carboxylic acid groups (broad SMARTS) is 1. The molecule has 3 rings (SSSR count). The second-order valence-electron chi connectivity index (χ2n) is 7.52. The van der Waals surface area contributed by atoms with E-state index in [0.717, 1.165) is 28.7 Å². The number of halogens is 1. The monoisotopic (exact) mass is 412 g/mol. The molecule has 5 heteroatoms. The maximum atomic E-state index is 10.7. The van der Waals surface area contributed by atoms with Gasteiger partial charge in [-0.25, -0.2) is 4.79 Å². The van der Waals surface area contributed by atoms with E-state index in [2.05, 4.69) is 13.0 Å². The van der Waals surface area contributed by atoms with Crippen LogP contribution in [0.2, 0.25) is 5.02 Å². The largest absolute Gasteiger partial charge is 0.508 e. The first-order valence-electron chi connectivity index (χ1n) is 9.64. The molecule has 0 amide bonds. The molecule has 1 aliphatic carbocycles. The van der Waals surface area contributed by atoms with Gasteiger partial charge in [-0.2, -0.15) is 0 Å². The van der Waals surface area contributed by atoms with Crippen molar-refractivity contribution >= 4 is 23.1 Å². The number of benzene rings is 2. The average molecular weight is 413 g/mol. The lowest BCUT2D eigenvalue weighted by atomic mass is 9.70. The molecule has 0 spiro atoms. The van der Waals surface area contributed by atoms with E-state index in [1.807, 2.05) is 43.3 Å². The van der Waals surface area contributed by atoms with Gasteiger partial charge in [-0.3, -0.25) is 0 Å². The third kappa shape index (κ3) is 4.83. The van der Waals surface area contributed by atoms with Crippen LogP contribution in [0.3, 0.4) is 0 Å². The summed E-state index contributed by atoms with van der Waals surface area (Å²) in [5, 5.41) is 19.8. The molecule has 0 aromatic heterocycles. The SMILES string of the molecule is CCC1(Cc2c(C)cc(OCC(=O)O)cc2Cl)C=CC(O)=C(c2ccccc2)C1. The Morgan fingerprint density at radius 1 is 1.24 bits per heavy atom. The van der Waals surface area contributed by atoms with Gasteiger partial charge >= 0.3 is 5.97 Å². The number of hydrogen-bond donors (Lipinski definition) is 2. The zero-order valence-electron chi connectivity index (χ0n) is 16.6. The molecule has 29 heavy (non-hydrogen) atoms. The molecule has 0 saturated carbocycles. The maximum Gasteiger partial charge on any atom is 0.341 e. The summed E-state index contributed by atoms with van der Waals surface area (Å²) < 4.78 is 5.28. The highest BCUT2D eigenvalue weighted by molar-refractivity contribution is 6.31. The van der Waals surface area contributed by atoms with Crippen molar-refractivity contribution in [3.8, 4) is 5.75 Å². The zero-order chi connectivity index (χ0) is 21.0. The minimum atomic E-state index is -1.03. The van der Waals surface area contributed by atoms with Gasteiger partial charge in [0, 0.05) is 10.6 Å². The molecule has 2 aromatic carbocycles. The summed E-state index contributed by atoms with van der Waals surface area (Å²) in [5.41, 5.74) is 3.75. The first-order valence-corrected chi connectivity index (χ1v) is 10.0. The standard InChI is InChI=1S/C24H25ClO4/c1-3-24(10-9-22(26)20(14-24)17-7-5-4-6-8-17)13-19-16(2)11-18(12-21(19)25)29-15-23(27)28/h4-12,26H,3,13-15H2,1-2H3,(H,27,28). The van der Waals surface area contributed by atoms with E-state index in [-0.39, 0.29) is 5.41 Å². The van der Waals surface area contributed by atoms with E-state index < -0.39 is 12.6 Å². The first-order chi connectivity index (χ1) is 13.8. The number of rotatable bonds is 7. The van der Waals surface area contributed by atoms with Crippen molar-refractivity contribution in [2.75, 3.05) is 6.61 Å². The molecule has 1 atom stereocenters. The smallest absolute Gasteiger partial charge is 0.341 e. The lowest BCUT2D eigenvalue weighted by Gasteiger charge is -2.35. The van der Waals surface area contributed by atoms with Crippen molar-refractivity contribution in [2.45, 2.75) is 33.1 Å². The molecule has 4 nitrogen and oxygen atoms in total. The number of hydrogen-bond acceptors (Lipinski definition) is 3. The molecule has 0 radical (unpaired) electrons. The lowest BCUT2D eigenvalue weighted by Crippen LogP contribution is -2.24. The number of carbonyl (C=O) groups is 1. The van der Waals surface area contributed by atoms with E-state index in [0.29, 0.717) is 29.4 Å². The van der Waals surface area contributed by atoms with Gasteiger partial charge in [0.05, 0.1) is 0 Å². The number of carboxylic acids is 1. The maximum absolute atomic E-state index is 10.7. The fourth-order valence-corrected chi connectivity index (χ4v) is 4.11. The van der Waals surface area contributed by atoms with Gasteiger partial charge in [0.1, 0.15) is 11.5 Å². The topological polar surface area (TPSA) is 66.8 Å². The number of aliphatic carboxylic acids is 1.